The Hall–Kier alpha value is -1.92. The first-order valence-electron chi connectivity index (χ1n) is 8.24. The van der Waals surface area contributed by atoms with E-state index in [0.29, 0.717) is 5.69 Å². The van der Waals surface area contributed by atoms with Crippen molar-refractivity contribution in [3.63, 3.8) is 0 Å². The minimum Gasteiger partial charge on any atom is -0.333 e. The number of rotatable bonds is 5. The summed E-state index contributed by atoms with van der Waals surface area (Å²) >= 11 is 1.72. The van der Waals surface area contributed by atoms with Crippen molar-refractivity contribution in [1.82, 2.24) is 10.2 Å². The Kier molecular flexibility index (Phi) is 5.48. The first-order valence-corrected chi connectivity index (χ1v) is 9.12. The second-order valence-electron chi connectivity index (χ2n) is 6.10. The maximum absolute atomic E-state index is 12.9. The van der Waals surface area contributed by atoms with E-state index >= 15 is 0 Å². The number of thiophene rings is 1. The maximum atomic E-state index is 12.9. The molecule has 0 saturated carbocycles. The zero-order chi connectivity index (χ0) is 16.9. The van der Waals surface area contributed by atoms with Gasteiger partial charge in [-0.15, -0.1) is 11.3 Å². The molecule has 1 aromatic heterocycles. The van der Waals surface area contributed by atoms with Gasteiger partial charge in [-0.1, -0.05) is 6.07 Å². The molecular weight excluding hydrogens is 325 g/mol. The van der Waals surface area contributed by atoms with Crippen LogP contribution in [-0.4, -0.2) is 30.1 Å². The Labute approximate surface area is 145 Å². The molecule has 24 heavy (non-hydrogen) atoms. The Morgan fingerprint density at radius 2 is 1.92 bits per heavy atom. The van der Waals surface area contributed by atoms with Crippen LogP contribution in [0.5, 0.6) is 0 Å². The lowest BCUT2D eigenvalue weighted by molar-refractivity contribution is 0.200. The second-order valence-corrected chi connectivity index (χ2v) is 7.08. The average Bonchev–Trinajstić information content (AvgIpc) is 3.24. The van der Waals surface area contributed by atoms with Crippen LogP contribution in [0.15, 0.2) is 41.8 Å². The van der Waals surface area contributed by atoms with Crippen molar-refractivity contribution in [2.75, 3.05) is 18.4 Å². The van der Waals surface area contributed by atoms with Gasteiger partial charge in [-0.25, -0.2) is 9.18 Å². The molecule has 2 amide bonds. The van der Waals surface area contributed by atoms with Crippen molar-refractivity contribution >= 4 is 23.1 Å². The van der Waals surface area contributed by atoms with Gasteiger partial charge in [-0.3, -0.25) is 4.90 Å². The van der Waals surface area contributed by atoms with E-state index in [-0.39, 0.29) is 23.9 Å². The number of hydrogen-bond donors (Lipinski definition) is 2. The number of carbonyl (C=O) groups is 1. The molecule has 0 bridgehead atoms. The van der Waals surface area contributed by atoms with Crippen molar-refractivity contribution in [2.45, 2.75) is 31.8 Å². The van der Waals surface area contributed by atoms with Crippen LogP contribution >= 0.6 is 11.3 Å². The van der Waals surface area contributed by atoms with Gasteiger partial charge in [-0.2, -0.15) is 0 Å². The number of anilines is 1. The predicted octanol–water partition coefficient (Wildman–Crippen LogP) is 4.23. The summed E-state index contributed by atoms with van der Waals surface area (Å²) in [5.74, 6) is -0.318. The molecule has 1 saturated heterocycles. The summed E-state index contributed by atoms with van der Waals surface area (Å²) in [6.45, 7) is 4.16. The highest BCUT2D eigenvalue weighted by molar-refractivity contribution is 7.10. The van der Waals surface area contributed by atoms with Gasteiger partial charge in [0.1, 0.15) is 5.82 Å². The second kappa shape index (κ2) is 7.77. The minimum atomic E-state index is -0.318. The van der Waals surface area contributed by atoms with E-state index in [1.54, 1.807) is 23.5 Å². The zero-order valence-electron chi connectivity index (χ0n) is 13.7. The number of nitrogens with zero attached hydrogens (tertiary/aromatic N) is 1. The standard InChI is InChI=1S/C18H22FN3OS/c1-13(20-18(23)21-15-8-6-14(19)7-9-15)17(16-5-4-12-24-16)22-10-2-3-11-22/h4-9,12-13,17H,2-3,10-11H2,1H3,(H2,20,21,23)/t13-,17-/m1/s1. The number of carbonyl (C=O) groups excluding carboxylic acids is 1. The summed E-state index contributed by atoms with van der Waals surface area (Å²) in [6, 6.07) is 9.84. The van der Waals surface area contributed by atoms with Gasteiger partial charge in [0, 0.05) is 16.6 Å². The predicted molar refractivity (Wildman–Crippen MR) is 95.9 cm³/mol. The molecule has 3 rings (SSSR count). The number of nitrogens with one attached hydrogen (secondary N) is 2. The zero-order valence-corrected chi connectivity index (χ0v) is 14.5. The van der Waals surface area contributed by atoms with Gasteiger partial charge in [0.2, 0.25) is 0 Å². The van der Waals surface area contributed by atoms with Gasteiger partial charge >= 0.3 is 6.03 Å². The number of likely N-dealkylation sites (tertiary alicyclic amines) is 1. The van der Waals surface area contributed by atoms with Crippen LogP contribution in [0, 0.1) is 5.82 Å². The normalized spacial score (nSPS) is 17.4. The lowest BCUT2D eigenvalue weighted by Gasteiger charge is -2.32. The Bertz CT molecular complexity index is 653. The van der Waals surface area contributed by atoms with Gasteiger partial charge < -0.3 is 10.6 Å². The van der Waals surface area contributed by atoms with E-state index in [9.17, 15) is 9.18 Å². The molecule has 1 aliphatic heterocycles. The Balaban J connectivity index is 1.65. The molecule has 2 atom stereocenters. The number of halogens is 1. The van der Waals surface area contributed by atoms with Crippen molar-refractivity contribution in [1.29, 1.82) is 0 Å². The van der Waals surface area contributed by atoms with Crippen LogP contribution in [0.2, 0.25) is 0 Å². The van der Waals surface area contributed by atoms with Gasteiger partial charge in [0.25, 0.3) is 0 Å². The summed E-state index contributed by atoms with van der Waals surface area (Å²) in [7, 11) is 0. The Morgan fingerprint density at radius 1 is 1.21 bits per heavy atom. The van der Waals surface area contributed by atoms with E-state index in [4.69, 9.17) is 0 Å². The molecule has 6 heteroatoms. The van der Waals surface area contributed by atoms with Crippen LogP contribution in [0.1, 0.15) is 30.7 Å². The third-order valence-electron chi connectivity index (χ3n) is 4.30. The SMILES string of the molecule is C[C@@H](NC(=O)Nc1ccc(F)cc1)[C@H](c1cccs1)N1CCCC1. The van der Waals surface area contributed by atoms with Crippen molar-refractivity contribution in [3.8, 4) is 0 Å². The van der Waals surface area contributed by atoms with Crippen LogP contribution in [0.25, 0.3) is 0 Å². The fourth-order valence-electron chi connectivity index (χ4n) is 3.21. The van der Waals surface area contributed by atoms with Gasteiger partial charge in [0.15, 0.2) is 0 Å². The van der Waals surface area contributed by atoms with Gasteiger partial charge in [0.05, 0.1) is 6.04 Å². The molecule has 1 aromatic carbocycles. The number of hydrogen-bond acceptors (Lipinski definition) is 3. The van der Waals surface area contributed by atoms with Crippen molar-refractivity contribution in [3.05, 3.63) is 52.5 Å². The van der Waals surface area contributed by atoms with Crippen LogP contribution in [0.4, 0.5) is 14.9 Å². The monoisotopic (exact) mass is 347 g/mol. The largest absolute Gasteiger partial charge is 0.333 e. The Morgan fingerprint density at radius 3 is 2.54 bits per heavy atom. The molecular formula is C18H22FN3OS. The third-order valence-corrected chi connectivity index (χ3v) is 5.25. The molecule has 0 unspecified atom stereocenters. The summed E-state index contributed by atoms with van der Waals surface area (Å²) in [5, 5.41) is 7.86. The molecule has 4 nitrogen and oxygen atoms in total. The number of urea groups is 1. The highest BCUT2D eigenvalue weighted by Gasteiger charge is 2.29. The van der Waals surface area contributed by atoms with Crippen molar-refractivity contribution in [2.24, 2.45) is 0 Å². The quantitative estimate of drug-likeness (QED) is 0.850. The van der Waals surface area contributed by atoms with Crippen LogP contribution < -0.4 is 10.6 Å². The van der Waals surface area contributed by atoms with Crippen LogP contribution in [0.3, 0.4) is 0 Å². The highest BCUT2D eigenvalue weighted by atomic mass is 32.1. The molecule has 128 valence electrons. The molecule has 1 fully saturated rings. The first-order chi connectivity index (χ1) is 11.6. The average molecular weight is 347 g/mol. The lowest BCUT2D eigenvalue weighted by Crippen LogP contribution is -2.45. The molecule has 0 spiro atoms. The first kappa shape index (κ1) is 16.9. The minimum absolute atomic E-state index is 0.0257. The van der Waals surface area contributed by atoms with E-state index in [2.05, 4.69) is 27.0 Å². The summed E-state index contributed by atoms with van der Waals surface area (Å²) in [5.41, 5.74) is 0.579. The molecule has 2 N–H and O–H groups in total. The topological polar surface area (TPSA) is 44.4 Å². The summed E-state index contributed by atoms with van der Waals surface area (Å²) in [6.07, 6.45) is 2.41. The lowest BCUT2D eigenvalue weighted by atomic mass is 10.1. The maximum Gasteiger partial charge on any atom is 0.319 e. The number of amides is 2. The van der Waals surface area contributed by atoms with E-state index < -0.39 is 0 Å². The summed E-state index contributed by atoms with van der Waals surface area (Å²) in [4.78, 5) is 16.0. The molecule has 0 aliphatic carbocycles. The van der Waals surface area contributed by atoms with E-state index in [1.165, 1.54) is 29.9 Å². The van der Waals surface area contributed by atoms with Crippen molar-refractivity contribution < 1.29 is 9.18 Å². The third kappa shape index (κ3) is 4.13. The smallest absolute Gasteiger partial charge is 0.319 e. The van der Waals surface area contributed by atoms with Crippen LogP contribution in [-0.2, 0) is 0 Å². The highest BCUT2D eigenvalue weighted by Crippen LogP contribution is 2.31. The molecule has 1 aliphatic rings. The molecule has 0 radical (unpaired) electrons. The molecule has 2 aromatic rings. The fraction of sp³-hybridized carbons (Fsp3) is 0.389. The van der Waals surface area contributed by atoms with E-state index in [1.807, 2.05) is 13.0 Å². The fourth-order valence-corrected chi connectivity index (χ4v) is 4.17. The van der Waals surface area contributed by atoms with E-state index in [0.717, 1.165) is 13.1 Å². The van der Waals surface area contributed by atoms with Gasteiger partial charge in [-0.05, 0) is 68.6 Å². The molecule has 2 heterocycles. The number of benzene rings is 1. The summed E-state index contributed by atoms with van der Waals surface area (Å²) < 4.78 is 12.9.